The summed E-state index contributed by atoms with van der Waals surface area (Å²) in [6.07, 6.45) is 2.76. The highest BCUT2D eigenvalue weighted by Gasteiger charge is 2.25. The van der Waals surface area contributed by atoms with Crippen molar-refractivity contribution in [2.45, 2.75) is 32.2 Å². The van der Waals surface area contributed by atoms with Crippen molar-refractivity contribution in [1.29, 1.82) is 0 Å². The van der Waals surface area contributed by atoms with Crippen molar-refractivity contribution in [2.75, 3.05) is 13.1 Å². The Bertz CT molecular complexity index is 213. The molecule has 1 saturated heterocycles. The first-order valence-corrected chi connectivity index (χ1v) is 4.78. The SMILES string of the molecule is C=C1CCCN(C(CC)C(=O)O)C1. The van der Waals surface area contributed by atoms with Crippen LogP contribution in [-0.4, -0.2) is 35.1 Å². The van der Waals surface area contributed by atoms with E-state index in [1.54, 1.807) is 0 Å². The lowest BCUT2D eigenvalue weighted by Gasteiger charge is -2.32. The van der Waals surface area contributed by atoms with Crippen LogP contribution in [0.5, 0.6) is 0 Å². The maximum Gasteiger partial charge on any atom is 0.320 e. The average Bonchev–Trinajstić information content (AvgIpc) is 2.04. The van der Waals surface area contributed by atoms with Gasteiger partial charge < -0.3 is 5.11 Å². The lowest BCUT2D eigenvalue weighted by molar-refractivity contribution is -0.143. The summed E-state index contributed by atoms with van der Waals surface area (Å²) in [5.41, 5.74) is 1.16. The molecule has 1 N–H and O–H groups in total. The van der Waals surface area contributed by atoms with Crippen LogP contribution in [0.4, 0.5) is 0 Å². The molecule has 1 aliphatic heterocycles. The van der Waals surface area contributed by atoms with Gasteiger partial charge in [-0.05, 0) is 25.8 Å². The number of hydrogen-bond donors (Lipinski definition) is 1. The lowest BCUT2D eigenvalue weighted by atomic mass is 10.0. The molecule has 0 saturated carbocycles. The molecule has 0 aliphatic carbocycles. The third-order valence-corrected chi connectivity index (χ3v) is 2.51. The Morgan fingerprint density at radius 2 is 2.46 bits per heavy atom. The summed E-state index contributed by atoms with van der Waals surface area (Å²) < 4.78 is 0. The quantitative estimate of drug-likeness (QED) is 0.674. The van der Waals surface area contributed by atoms with E-state index in [9.17, 15) is 4.79 Å². The van der Waals surface area contributed by atoms with Gasteiger partial charge in [-0.15, -0.1) is 0 Å². The van der Waals surface area contributed by atoms with Crippen LogP contribution >= 0.6 is 0 Å². The molecule has 0 bridgehead atoms. The van der Waals surface area contributed by atoms with Crippen molar-refractivity contribution in [3.05, 3.63) is 12.2 Å². The second-order valence-electron chi connectivity index (χ2n) is 3.59. The first-order valence-electron chi connectivity index (χ1n) is 4.78. The van der Waals surface area contributed by atoms with E-state index in [2.05, 4.69) is 6.58 Å². The van der Waals surface area contributed by atoms with E-state index in [0.717, 1.165) is 31.5 Å². The highest BCUT2D eigenvalue weighted by Crippen LogP contribution is 2.17. The van der Waals surface area contributed by atoms with E-state index in [-0.39, 0.29) is 6.04 Å². The molecule has 0 spiro atoms. The molecule has 0 aromatic rings. The number of piperidine rings is 1. The zero-order valence-electron chi connectivity index (χ0n) is 8.12. The van der Waals surface area contributed by atoms with Gasteiger partial charge in [0, 0.05) is 6.54 Å². The molecule has 0 aromatic carbocycles. The van der Waals surface area contributed by atoms with Gasteiger partial charge in [0.2, 0.25) is 0 Å². The molecule has 3 nitrogen and oxygen atoms in total. The van der Waals surface area contributed by atoms with Crippen molar-refractivity contribution in [3.8, 4) is 0 Å². The van der Waals surface area contributed by atoms with E-state index >= 15 is 0 Å². The molecule has 13 heavy (non-hydrogen) atoms. The molecule has 1 aliphatic rings. The molecule has 1 rings (SSSR count). The van der Waals surface area contributed by atoms with Crippen LogP contribution in [0.25, 0.3) is 0 Å². The highest BCUT2D eigenvalue weighted by molar-refractivity contribution is 5.73. The molecule has 74 valence electrons. The van der Waals surface area contributed by atoms with Crippen LogP contribution in [0.3, 0.4) is 0 Å². The van der Waals surface area contributed by atoms with E-state index < -0.39 is 5.97 Å². The molecule has 0 aromatic heterocycles. The van der Waals surface area contributed by atoms with Crippen LogP contribution in [-0.2, 0) is 4.79 Å². The van der Waals surface area contributed by atoms with Crippen molar-refractivity contribution in [2.24, 2.45) is 0 Å². The van der Waals surface area contributed by atoms with Crippen LogP contribution in [0.2, 0.25) is 0 Å². The second-order valence-corrected chi connectivity index (χ2v) is 3.59. The number of aliphatic carboxylic acids is 1. The summed E-state index contributed by atoms with van der Waals surface area (Å²) in [7, 11) is 0. The van der Waals surface area contributed by atoms with E-state index in [1.165, 1.54) is 0 Å². The lowest BCUT2D eigenvalue weighted by Crippen LogP contribution is -2.44. The zero-order valence-corrected chi connectivity index (χ0v) is 8.12. The number of carboxylic acid groups (broad SMARTS) is 1. The van der Waals surface area contributed by atoms with Crippen molar-refractivity contribution in [1.82, 2.24) is 4.90 Å². The molecular formula is C10H17NO2. The van der Waals surface area contributed by atoms with Crippen LogP contribution < -0.4 is 0 Å². The van der Waals surface area contributed by atoms with E-state index in [1.807, 2.05) is 11.8 Å². The number of carboxylic acids is 1. The van der Waals surface area contributed by atoms with Gasteiger partial charge in [-0.1, -0.05) is 19.1 Å². The standard InChI is InChI=1S/C10H17NO2/c1-3-9(10(12)13)11-6-4-5-8(2)7-11/h9H,2-7H2,1H3,(H,12,13). The summed E-state index contributed by atoms with van der Waals surface area (Å²) in [5, 5.41) is 8.94. The Hall–Kier alpha value is -0.830. The molecule has 0 radical (unpaired) electrons. The molecule has 1 unspecified atom stereocenters. The number of carbonyl (C=O) groups is 1. The second kappa shape index (κ2) is 4.42. The van der Waals surface area contributed by atoms with Gasteiger partial charge in [-0.2, -0.15) is 0 Å². The molecule has 1 fully saturated rings. The zero-order chi connectivity index (χ0) is 9.84. The Kier molecular flexibility index (Phi) is 3.48. The normalized spacial score (nSPS) is 21.5. The fourth-order valence-corrected chi connectivity index (χ4v) is 1.83. The van der Waals surface area contributed by atoms with Gasteiger partial charge in [0.15, 0.2) is 0 Å². The summed E-state index contributed by atoms with van der Waals surface area (Å²) >= 11 is 0. The summed E-state index contributed by atoms with van der Waals surface area (Å²) in [6.45, 7) is 7.47. The summed E-state index contributed by atoms with van der Waals surface area (Å²) in [6, 6.07) is -0.322. The monoisotopic (exact) mass is 183 g/mol. The number of nitrogens with zero attached hydrogens (tertiary/aromatic N) is 1. The maximum atomic E-state index is 10.9. The van der Waals surface area contributed by atoms with Crippen molar-refractivity contribution >= 4 is 5.97 Å². The van der Waals surface area contributed by atoms with Gasteiger partial charge in [-0.3, -0.25) is 9.69 Å². The Morgan fingerprint density at radius 1 is 1.77 bits per heavy atom. The van der Waals surface area contributed by atoms with Crippen LogP contribution in [0.1, 0.15) is 26.2 Å². The number of likely N-dealkylation sites (tertiary alicyclic amines) is 1. The minimum atomic E-state index is -0.711. The molecular weight excluding hydrogens is 166 g/mol. The molecule has 3 heteroatoms. The number of hydrogen-bond acceptors (Lipinski definition) is 2. The maximum absolute atomic E-state index is 10.9. The average molecular weight is 183 g/mol. The largest absolute Gasteiger partial charge is 0.480 e. The summed E-state index contributed by atoms with van der Waals surface area (Å²) in [4.78, 5) is 12.9. The van der Waals surface area contributed by atoms with Gasteiger partial charge >= 0.3 is 5.97 Å². The van der Waals surface area contributed by atoms with Gasteiger partial charge in [0.1, 0.15) is 6.04 Å². The van der Waals surface area contributed by atoms with Crippen molar-refractivity contribution in [3.63, 3.8) is 0 Å². The Labute approximate surface area is 79.0 Å². The van der Waals surface area contributed by atoms with Gasteiger partial charge in [-0.25, -0.2) is 0 Å². The fourth-order valence-electron chi connectivity index (χ4n) is 1.83. The van der Waals surface area contributed by atoms with E-state index in [4.69, 9.17) is 5.11 Å². The first kappa shape index (κ1) is 10.3. The van der Waals surface area contributed by atoms with Gasteiger partial charge in [0.05, 0.1) is 0 Å². The first-order chi connectivity index (χ1) is 6.15. The molecule has 1 heterocycles. The predicted molar refractivity (Wildman–Crippen MR) is 51.7 cm³/mol. The predicted octanol–water partition coefficient (Wildman–Crippen LogP) is 1.50. The number of rotatable bonds is 3. The van der Waals surface area contributed by atoms with Gasteiger partial charge in [0.25, 0.3) is 0 Å². The minimum Gasteiger partial charge on any atom is -0.480 e. The third-order valence-electron chi connectivity index (χ3n) is 2.51. The summed E-state index contributed by atoms with van der Waals surface area (Å²) in [5.74, 6) is -0.711. The minimum absolute atomic E-state index is 0.322. The fraction of sp³-hybridized carbons (Fsp3) is 0.700. The van der Waals surface area contributed by atoms with Crippen molar-refractivity contribution < 1.29 is 9.90 Å². The highest BCUT2D eigenvalue weighted by atomic mass is 16.4. The van der Waals surface area contributed by atoms with Crippen LogP contribution in [0, 0.1) is 0 Å². The Morgan fingerprint density at radius 3 is 2.92 bits per heavy atom. The molecule has 0 amide bonds. The van der Waals surface area contributed by atoms with E-state index in [0.29, 0.717) is 6.42 Å². The smallest absolute Gasteiger partial charge is 0.320 e. The molecule has 1 atom stereocenters. The third kappa shape index (κ3) is 2.56. The topological polar surface area (TPSA) is 40.5 Å². The van der Waals surface area contributed by atoms with Crippen LogP contribution in [0.15, 0.2) is 12.2 Å². The Balaban J connectivity index is 2.57.